The Kier molecular flexibility index (Phi) is 3.95. The second-order valence-electron chi connectivity index (χ2n) is 10.9. The van der Waals surface area contributed by atoms with E-state index in [1.54, 1.807) is 0 Å². The van der Waals surface area contributed by atoms with Crippen molar-refractivity contribution in [2.24, 2.45) is 0 Å². The predicted molar refractivity (Wildman–Crippen MR) is 163 cm³/mol. The Morgan fingerprint density at radius 1 is 0.564 bits per heavy atom. The van der Waals surface area contributed by atoms with Crippen molar-refractivity contribution >= 4 is 43.4 Å². The Hall–Kier alpha value is -4.95. The molecule has 1 unspecified atom stereocenters. The van der Waals surface area contributed by atoms with E-state index in [1.807, 2.05) is 0 Å². The van der Waals surface area contributed by atoms with Gasteiger partial charge in [-0.3, -0.25) is 0 Å². The summed E-state index contributed by atoms with van der Waals surface area (Å²) in [6.45, 7) is 2.38. The first kappa shape index (κ1) is 21.0. The van der Waals surface area contributed by atoms with Crippen LogP contribution in [-0.2, 0) is 5.54 Å². The highest BCUT2D eigenvalue weighted by atomic mass is 15.2. The number of benzene rings is 7. The van der Waals surface area contributed by atoms with E-state index in [2.05, 4.69) is 139 Å². The van der Waals surface area contributed by atoms with Crippen LogP contribution in [0.1, 0.15) is 18.1 Å². The van der Waals surface area contributed by atoms with Gasteiger partial charge in [-0.1, -0.05) is 115 Å². The molecule has 0 amide bonds. The highest BCUT2D eigenvalue weighted by Gasteiger charge is 2.43. The molecule has 0 saturated carbocycles. The van der Waals surface area contributed by atoms with Gasteiger partial charge < -0.3 is 4.57 Å². The summed E-state index contributed by atoms with van der Waals surface area (Å²) in [5.41, 5.74) is 8.02. The summed E-state index contributed by atoms with van der Waals surface area (Å²) in [4.78, 5) is 5.21. The van der Waals surface area contributed by atoms with Gasteiger partial charge in [0.15, 0.2) is 0 Å². The van der Waals surface area contributed by atoms with Gasteiger partial charge in [-0.2, -0.15) is 0 Å². The van der Waals surface area contributed by atoms with Crippen molar-refractivity contribution in [1.82, 2.24) is 9.55 Å². The van der Waals surface area contributed by atoms with Crippen LogP contribution in [0.3, 0.4) is 0 Å². The molecule has 2 nitrogen and oxygen atoms in total. The molecule has 2 heteroatoms. The van der Waals surface area contributed by atoms with Gasteiger partial charge in [-0.15, -0.1) is 0 Å². The zero-order chi connectivity index (χ0) is 25.7. The number of nitrogens with zero attached hydrogens (tertiary/aromatic N) is 2. The molecule has 8 aromatic rings. The Labute approximate surface area is 226 Å². The van der Waals surface area contributed by atoms with Crippen LogP contribution in [0.25, 0.3) is 65.9 Å². The van der Waals surface area contributed by atoms with E-state index in [0.717, 1.165) is 16.9 Å². The number of hydrogen-bond acceptors (Lipinski definition) is 1. The third-order valence-corrected chi connectivity index (χ3v) is 8.95. The summed E-state index contributed by atoms with van der Waals surface area (Å²) in [6.07, 6.45) is 0. The van der Waals surface area contributed by atoms with Crippen LogP contribution in [-0.4, -0.2) is 9.55 Å². The Morgan fingerprint density at radius 3 is 2.13 bits per heavy atom. The normalized spacial score (nSPS) is 16.4. The third kappa shape index (κ3) is 2.63. The summed E-state index contributed by atoms with van der Waals surface area (Å²) in [5, 5.41) is 7.89. The minimum atomic E-state index is -0.418. The molecule has 0 bridgehead atoms. The van der Waals surface area contributed by atoms with E-state index in [4.69, 9.17) is 4.98 Å². The first-order chi connectivity index (χ1) is 19.2. The summed E-state index contributed by atoms with van der Waals surface area (Å²) < 4.78 is 2.49. The van der Waals surface area contributed by atoms with Crippen molar-refractivity contribution in [3.05, 3.63) is 139 Å². The van der Waals surface area contributed by atoms with E-state index in [-0.39, 0.29) is 0 Å². The number of imidazole rings is 1. The molecule has 1 aliphatic rings. The molecule has 0 spiro atoms. The van der Waals surface area contributed by atoms with Crippen LogP contribution in [0.2, 0.25) is 0 Å². The predicted octanol–water partition coefficient (Wildman–Crippen LogP) is 9.39. The molecule has 0 saturated heterocycles. The summed E-state index contributed by atoms with van der Waals surface area (Å²) in [6, 6.07) is 46.5. The maximum atomic E-state index is 5.21. The van der Waals surface area contributed by atoms with E-state index in [9.17, 15) is 0 Å². The maximum absolute atomic E-state index is 5.21. The summed E-state index contributed by atoms with van der Waals surface area (Å²) in [7, 11) is 0. The van der Waals surface area contributed by atoms with Crippen LogP contribution in [0.5, 0.6) is 0 Å². The molecule has 0 radical (unpaired) electrons. The van der Waals surface area contributed by atoms with Crippen molar-refractivity contribution < 1.29 is 0 Å². The average Bonchev–Trinajstić information content (AvgIpc) is 3.50. The monoisotopic (exact) mass is 496 g/mol. The molecule has 7 aromatic carbocycles. The highest BCUT2D eigenvalue weighted by molar-refractivity contribution is 6.23. The molecule has 0 aliphatic carbocycles. The first-order valence-electron chi connectivity index (χ1n) is 13.6. The quantitative estimate of drug-likeness (QED) is 0.218. The van der Waals surface area contributed by atoms with Gasteiger partial charge in [0.25, 0.3) is 0 Å². The molecule has 1 aromatic heterocycles. The molecular weight excluding hydrogens is 472 g/mol. The molecule has 1 aliphatic heterocycles. The molecule has 39 heavy (non-hydrogen) atoms. The van der Waals surface area contributed by atoms with Gasteiger partial charge in [-0.05, 0) is 73.6 Å². The molecule has 182 valence electrons. The Balaban J connectivity index is 1.41. The lowest BCUT2D eigenvalue weighted by molar-refractivity contribution is 0.521. The summed E-state index contributed by atoms with van der Waals surface area (Å²) >= 11 is 0. The standard InChI is InChI=1S/C37H24N2/c1-37(31-20-17-26-15-14-24-10-7-11-25-16-19-28(31)35(26)34(24)25)30-13-6-5-12-29(30)36-38-32-21-18-27(22-33(32)39(36)37)23-8-3-2-4-9-23/h2-22H,1H3. The topological polar surface area (TPSA) is 17.8 Å². The zero-order valence-electron chi connectivity index (χ0n) is 21.5. The van der Waals surface area contributed by atoms with E-state index in [0.29, 0.717) is 0 Å². The zero-order valence-corrected chi connectivity index (χ0v) is 21.5. The SMILES string of the molecule is CC1(c2ccc3ccc4cccc5ccc2c3c45)c2ccccc2-c2nc3ccc(-c4ccccc4)cc3n21. The Bertz CT molecular complexity index is 2220. The highest BCUT2D eigenvalue weighted by Crippen LogP contribution is 2.51. The van der Waals surface area contributed by atoms with E-state index >= 15 is 0 Å². The number of rotatable bonds is 2. The third-order valence-electron chi connectivity index (χ3n) is 8.95. The minimum absolute atomic E-state index is 0.418. The lowest BCUT2D eigenvalue weighted by atomic mass is 9.80. The molecule has 2 heterocycles. The number of fused-ring (bicyclic) bond motifs is 5. The second kappa shape index (κ2) is 7.33. The lowest BCUT2D eigenvalue weighted by Crippen LogP contribution is -2.29. The number of aromatic nitrogens is 2. The van der Waals surface area contributed by atoms with Crippen molar-refractivity contribution in [3.63, 3.8) is 0 Å². The molecular formula is C37H24N2. The average molecular weight is 497 g/mol. The van der Waals surface area contributed by atoms with Crippen LogP contribution in [0.4, 0.5) is 0 Å². The van der Waals surface area contributed by atoms with Crippen molar-refractivity contribution in [1.29, 1.82) is 0 Å². The first-order valence-corrected chi connectivity index (χ1v) is 13.6. The van der Waals surface area contributed by atoms with Crippen molar-refractivity contribution in [3.8, 4) is 22.5 Å². The van der Waals surface area contributed by atoms with E-state index < -0.39 is 5.54 Å². The van der Waals surface area contributed by atoms with Crippen molar-refractivity contribution in [2.75, 3.05) is 0 Å². The van der Waals surface area contributed by atoms with Gasteiger partial charge in [0.1, 0.15) is 5.82 Å². The van der Waals surface area contributed by atoms with Gasteiger partial charge in [-0.25, -0.2) is 4.98 Å². The lowest BCUT2D eigenvalue weighted by Gasteiger charge is -2.32. The Morgan fingerprint density at radius 2 is 1.28 bits per heavy atom. The fourth-order valence-corrected chi connectivity index (χ4v) is 7.17. The van der Waals surface area contributed by atoms with Gasteiger partial charge in [0.2, 0.25) is 0 Å². The summed E-state index contributed by atoms with van der Waals surface area (Å²) in [5.74, 6) is 1.04. The maximum Gasteiger partial charge on any atom is 0.142 e. The fraction of sp³-hybridized carbons (Fsp3) is 0.0541. The molecule has 9 rings (SSSR count). The van der Waals surface area contributed by atoms with Gasteiger partial charge in [0, 0.05) is 5.56 Å². The van der Waals surface area contributed by atoms with Crippen molar-refractivity contribution in [2.45, 2.75) is 12.5 Å². The largest absolute Gasteiger partial charge is 0.310 e. The van der Waals surface area contributed by atoms with Gasteiger partial charge in [0.05, 0.1) is 16.6 Å². The second-order valence-corrected chi connectivity index (χ2v) is 10.9. The number of hydrogen-bond donors (Lipinski definition) is 0. The molecule has 1 atom stereocenters. The van der Waals surface area contributed by atoms with Crippen LogP contribution < -0.4 is 0 Å². The smallest absolute Gasteiger partial charge is 0.142 e. The fourth-order valence-electron chi connectivity index (χ4n) is 7.17. The van der Waals surface area contributed by atoms with E-state index in [1.165, 1.54) is 60.1 Å². The van der Waals surface area contributed by atoms with Crippen LogP contribution in [0.15, 0.2) is 127 Å². The van der Waals surface area contributed by atoms with Crippen LogP contribution >= 0.6 is 0 Å². The minimum Gasteiger partial charge on any atom is -0.310 e. The molecule has 0 fully saturated rings. The molecule has 0 N–H and O–H groups in total. The van der Waals surface area contributed by atoms with Crippen LogP contribution in [0, 0.1) is 0 Å². The van der Waals surface area contributed by atoms with Gasteiger partial charge >= 0.3 is 0 Å².